The number of fused-ring (bicyclic) bond motifs is 3. The molecule has 1 aliphatic heterocycles. The van der Waals surface area contributed by atoms with Gasteiger partial charge in [-0.2, -0.15) is 4.72 Å². The first-order valence-electron chi connectivity index (χ1n) is 9.15. The molecule has 3 aromatic rings. The van der Waals surface area contributed by atoms with Crippen LogP contribution in [-0.4, -0.2) is 48.5 Å². The smallest absolute Gasteiger partial charge is 0.243 e. The minimum atomic E-state index is -3.98. The molecule has 1 atom stereocenters. The summed E-state index contributed by atoms with van der Waals surface area (Å²) in [7, 11) is -3.98. The molecule has 7 nitrogen and oxygen atoms in total. The van der Waals surface area contributed by atoms with E-state index in [1.165, 1.54) is 29.8 Å². The summed E-state index contributed by atoms with van der Waals surface area (Å²) in [6.07, 6.45) is 0.660. The molecule has 0 saturated heterocycles. The number of aliphatic hydroxyl groups excluding tert-OH is 1. The van der Waals surface area contributed by atoms with Gasteiger partial charge in [-0.25, -0.2) is 8.42 Å². The van der Waals surface area contributed by atoms with Crippen molar-refractivity contribution in [3.8, 4) is 0 Å². The van der Waals surface area contributed by atoms with Gasteiger partial charge in [0.25, 0.3) is 0 Å². The van der Waals surface area contributed by atoms with Crippen LogP contribution in [0.5, 0.6) is 0 Å². The Morgan fingerprint density at radius 1 is 1.21 bits per heavy atom. The van der Waals surface area contributed by atoms with E-state index in [0.29, 0.717) is 24.5 Å². The first-order chi connectivity index (χ1) is 13.9. The Morgan fingerprint density at radius 2 is 1.93 bits per heavy atom. The number of aliphatic hydroxyl groups is 1. The zero-order valence-electron chi connectivity index (χ0n) is 15.4. The fraction of sp³-hybridized carbons (Fsp3) is 0.250. The maximum absolute atomic E-state index is 12.9. The van der Waals surface area contributed by atoms with Crippen molar-refractivity contribution in [2.45, 2.75) is 23.9 Å². The maximum atomic E-state index is 12.9. The summed E-state index contributed by atoms with van der Waals surface area (Å²) in [6, 6.07) is 12.3. The fourth-order valence-corrected chi connectivity index (χ4v) is 4.94. The van der Waals surface area contributed by atoms with Crippen molar-refractivity contribution in [2.75, 3.05) is 13.2 Å². The molecule has 2 heterocycles. The molecule has 1 amide bonds. The Hall–Kier alpha value is -2.39. The van der Waals surface area contributed by atoms with Gasteiger partial charge in [0.2, 0.25) is 15.9 Å². The Balaban J connectivity index is 1.52. The van der Waals surface area contributed by atoms with Crippen LogP contribution in [0.15, 0.2) is 53.4 Å². The molecule has 2 aromatic carbocycles. The summed E-state index contributed by atoms with van der Waals surface area (Å²) in [5.41, 5.74) is 3.11. The average Bonchev–Trinajstić information content (AvgIpc) is 3.09. The van der Waals surface area contributed by atoms with Crippen molar-refractivity contribution in [2.24, 2.45) is 0 Å². The quantitative estimate of drug-likeness (QED) is 0.573. The zero-order valence-corrected chi connectivity index (χ0v) is 17.0. The first kappa shape index (κ1) is 19.9. The monoisotopic (exact) mass is 433 g/mol. The molecule has 1 unspecified atom stereocenters. The number of benzene rings is 2. The predicted octanol–water partition coefficient (Wildman–Crippen LogP) is 2.05. The normalized spacial score (nSPS) is 15.3. The van der Waals surface area contributed by atoms with Gasteiger partial charge in [0.1, 0.15) is 6.04 Å². The van der Waals surface area contributed by atoms with Crippen LogP contribution in [0.3, 0.4) is 0 Å². The van der Waals surface area contributed by atoms with Crippen molar-refractivity contribution in [1.82, 2.24) is 14.6 Å². The van der Waals surface area contributed by atoms with Crippen LogP contribution in [0.2, 0.25) is 5.02 Å². The second kappa shape index (κ2) is 7.79. The van der Waals surface area contributed by atoms with Gasteiger partial charge in [0, 0.05) is 28.2 Å². The molecule has 29 heavy (non-hydrogen) atoms. The molecule has 4 rings (SSSR count). The molecule has 9 heteroatoms. The minimum absolute atomic E-state index is 0.0234. The van der Waals surface area contributed by atoms with Gasteiger partial charge in [-0.3, -0.25) is 4.79 Å². The Kier molecular flexibility index (Phi) is 5.35. The van der Waals surface area contributed by atoms with Crippen molar-refractivity contribution in [1.29, 1.82) is 0 Å². The van der Waals surface area contributed by atoms with E-state index in [2.05, 4.69) is 9.71 Å². The van der Waals surface area contributed by atoms with Crippen molar-refractivity contribution >= 4 is 38.4 Å². The van der Waals surface area contributed by atoms with Crippen LogP contribution in [0.1, 0.15) is 11.3 Å². The van der Waals surface area contributed by atoms with Gasteiger partial charge in [0.05, 0.1) is 18.0 Å². The third-order valence-electron chi connectivity index (χ3n) is 5.10. The van der Waals surface area contributed by atoms with Crippen LogP contribution in [0, 0.1) is 0 Å². The lowest BCUT2D eigenvalue weighted by molar-refractivity contribution is -0.134. The molecule has 0 saturated carbocycles. The largest absolute Gasteiger partial charge is 0.394 e. The maximum Gasteiger partial charge on any atom is 0.243 e. The highest BCUT2D eigenvalue weighted by Crippen LogP contribution is 2.27. The summed E-state index contributed by atoms with van der Waals surface area (Å²) in [5, 5.41) is 11.2. The highest BCUT2D eigenvalue weighted by atomic mass is 35.5. The number of hydrogen-bond donors (Lipinski definition) is 3. The van der Waals surface area contributed by atoms with Crippen molar-refractivity contribution in [3.63, 3.8) is 0 Å². The number of aromatic nitrogens is 1. The Bertz CT molecular complexity index is 1160. The molecule has 0 fully saturated rings. The lowest BCUT2D eigenvalue weighted by Crippen LogP contribution is -2.51. The first-order valence-corrected chi connectivity index (χ1v) is 11.0. The number of nitrogens with one attached hydrogen (secondary N) is 2. The summed E-state index contributed by atoms with van der Waals surface area (Å²) >= 11 is 5.80. The summed E-state index contributed by atoms with van der Waals surface area (Å²) in [5.74, 6) is -0.464. The van der Waals surface area contributed by atoms with E-state index < -0.39 is 28.6 Å². The number of carbonyl (C=O) groups is 1. The van der Waals surface area contributed by atoms with Gasteiger partial charge in [0.15, 0.2) is 0 Å². The number of para-hydroxylation sites is 1. The van der Waals surface area contributed by atoms with Crippen LogP contribution >= 0.6 is 11.6 Å². The van der Waals surface area contributed by atoms with E-state index in [1.807, 2.05) is 24.3 Å². The molecule has 152 valence electrons. The summed E-state index contributed by atoms with van der Waals surface area (Å²) < 4.78 is 27.5. The van der Waals surface area contributed by atoms with Gasteiger partial charge in [-0.15, -0.1) is 0 Å². The van der Waals surface area contributed by atoms with Gasteiger partial charge in [-0.1, -0.05) is 29.8 Å². The number of rotatable bonds is 5. The van der Waals surface area contributed by atoms with E-state index in [4.69, 9.17) is 11.6 Å². The average molecular weight is 434 g/mol. The van der Waals surface area contributed by atoms with Crippen molar-refractivity contribution < 1.29 is 18.3 Å². The number of amides is 1. The standard InChI is InChI=1S/C20H20ClN3O4S/c21-13-5-7-14(8-6-13)29(27,28)23-19(12-25)20(26)24-10-9-16-15-3-1-2-4-17(15)22-18(16)11-24/h1-8,19,22-23,25H,9-12H2. The van der Waals surface area contributed by atoms with E-state index in [-0.39, 0.29) is 4.90 Å². The number of H-pyrrole nitrogens is 1. The van der Waals surface area contributed by atoms with E-state index in [1.54, 1.807) is 4.90 Å². The number of nitrogens with zero attached hydrogens (tertiary/aromatic N) is 1. The number of halogens is 1. The SMILES string of the molecule is O=C(C(CO)NS(=O)(=O)c1ccc(Cl)cc1)N1CCc2c([nH]c3ccccc23)C1. The van der Waals surface area contributed by atoms with Crippen LogP contribution in [-0.2, 0) is 27.8 Å². The van der Waals surface area contributed by atoms with Crippen LogP contribution in [0.25, 0.3) is 10.9 Å². The summed E-state index contributed by atoms with van der Waals surface area (Å²) in [4.78, 5) is 17.8. The van der Waals surface area contributed by atoms with Crippen LogP contribution in [0.4, 0.5) is 0 Å². The van der Waals surface area contributed by atoms with Crippen LogP contribution < -0.4 is 4.72 Å². The lowest BCUT2D eigenvalue weighted by Gasteiger charge is -2.30. The molecule has 0 radical (unpaired) electrons. The molecular formula is C20H20ClN3O4S. The number of sulfonamides is 1. The summed E-state index contributed by atoms with van der Waals surface area (Å²) in [6.45, 7) is 0.149. The molecule has 0 bridgehead atoms. The number of hydrogen-bond acceptors (Lipinski definition) is 4. The molecule has 0 aliphatic carbocycles. The highest BCUT2D eigenvalue weighted by Gasteiger charge is 2.31. The molecule has 1 aliphatic rings. The Labute approximate surface area is 173 Å². The van der Waals surface area contributed by atoms with E-state index in [0.717, 1.165) is 16.6 Å². The number of aromatic amines is 1. The van der Waals surface area contributed by atoms with Gasteiger partial charge in [-0.05, 0) is 42.3 Å². The number of carbonyl (C=O) groups excluding carboxylic acids is 1. The molecule has 1 aromatic heterocycles. The van der Waals surface area contributed by atoms with Crippen molar-refractivity contribution in [3.05, 3.63) is 64.8 Å². The molecule has 0 spiro atoms. The highest BCUT2D eigenvalue weighted by molar-refractivity contribution is 7.89. The molecular weight excluding hydrogens is 414 g/mol. The topological polar surface area (TPSA) is 102 Å². The molecule has 3 N–H and O–H groups in total. The zero-order chi connectivity index (χ0) is 20.6. The third kappa shape index (κ3) is 3.89. The Morgan fingerprint density at radius 3 is 2.66 bits per heavy atom. The lowest BCUT2D eigenvalue weighted by atomic mass is 10.0. The van der Waals surface area contributed by atoms with Gasteiger partial charge >= 0.3 is 0 Å². The fourth-order valence-electron chi connectivity index (χ4n) is 3.64. The van der Waals surface area contributed by atoms with E-state index in [9.17, 15) is 18.3 Å². The third-order valence-corrected chi connectivity index (χ3v) is 6.84. The predicted molar refractivity (Wildman–Crippen MR) is 110 cm³/mol. The second-order valence-electron chi connectivity index (χ2n) is 6.95. The minimum Gasteiger partial charge on any atom is -0.394 e. The second-order valence-corrected chi connectivity index (χ2v) is 9.10. The van der Waals surface area contributed by atoms with E-state index >= 15 is 0 Å². The van der Waals surface area contributed by atoms with Gasteiger partial charge < -0.3 is 15.0 Å².